The van der Waals surface area contributed by atoms with Crippen molar-refractivity contribution < 1.29 is 14.3 Å². The van der Waals surface area contributed by atoms with Crippen molar-refractivity contribution in [1.82, 2.24) is 5.32 Å². The Balaban J connectivity index is 2.00. The molecule has 2 fully saturated rings. The van der Waals surface area contributed by atoms with Crippen LogP contribution in [0.4, 0.5) is 0 Å². The number of carbonyl (C=O) groups is 2. The Morgan fingerprint density at radius 1 is 1.56 bits per heavy atom. The maximum Gasteiger partial charge on any atom is 0.312 e. The van der Waals surface area contributed by atoms with E-state index in [9.17, 15) is 9.59 Å². The number of allylic oxidation sites excluding steroid dienone is 1. The molecule has 2 aliphatic rings. The molecule has 0 radical (unpaired) electrons. The summed E-state index contributed by atoms with van der Waals surface area (Å²) < 4.78 is 4.83. The average Bonchev–Trinajstić information content (AvgIpc) is 2.90. The van der Waals surface area contributed by atoms with Gasteiger partial charge in [-0.2, -0.15) is 0 Å². The fraction of sp³-hybridized carbons (Fsp3) is 0.714. The van der Waals surface area contributed by atoms with Crippen LogP contribution in [-0.4, -0.2) is 31.4 Å². The van der Waals surface area contributed by atoms with E-state index in [4.69, 9.17) is 4.74 Å². The Morgan fingerprint density at radius 3 is 2.72 bits per heavy atom. The minimum Gasteiger partial charge on any atom is -0.469 e. The Labute approximate surface area is 108 Å². The molecule has 1 saturated carbocycles. The summed E-state index contributed by atoms with van der Waals surface area (Å²) in [5.74, 6) is 0.482. The summed E-state index contributed by atoms with van der Waals surface area (Å²) in [6.45, 7) is 6.72. The molecule has 4 heteroatoms. The molecule has 18 heavy (non-hydrogen) atoms. The van der Waals surface area contributed by atoms with Crippen molar-refractivity contribution in [3.63, 3.8) is 0 Å². The third-order valence-electron chi connectivity index (χ3n) is 4.24. The average molecular weight is 251 g/mol. The van der Waals surface area contributed by atoms with Gasteiger partial charge in [0.25, 0.3) is 0 Å². The molecule has 4 unspecified atom stereocenters. The van der Waals surface area contributed by atoms with E-state index in [0.29, 0.717) is 12.3 Å². The minimum atomic E-state index is -0.624. The largest absolute Gasteiger partial charge is 0.469 e. The molecule has 0 spiro atoms. The summed E-state index contributed by atoms with van der Waals surface area (Å²) in [7, 11) is 1.38. The van der Waals surface area contributed by atoms with E-state index in [-0.39, 0.29) is 30.1 Å². The molecule has 4 nitrogen and oxygen atoms in total. The smallest absolute Gasteiger partial charge is 0.312 e. The third kappa shape index (κ3) is 2.21. The summed E-state index contributed by atoms with van der Waals surface area (Å²) in [4.78, 5) is 24.1. The molecule has 1 aliphatic heterocycles. The number of carbonyl (C=O) groups excluding carboxylic acids is 2. The van der Waals surface area contributed by atoms with E-state index in [1.165, 1.54) is 7.11 Å². The molecule has 1 heterocycles. The molecule has 0 aromatic heterocycles. The van der Waals surface area contributed by atoms with Crippen LogP contribution in [0.3, 0.4) is 0 Å². The van der Waals surface area contributed by atoms with Gasteiger partial charge in [-0.05, 0) is 31.2 Å². The number of esters is 1. The molecule has 0 aromatic carbocycles. The first-order valence-electron chi connectivity index (χ1n) is 6.50. The van der Waals surface area contributed by atoms with Gasteiger partial charge in [0.1, 0.15) is 0 Å². The predicted octanol–water partition coefficient (Wildman–Crippen LogP) is 1.31. The highest BCUT2D eigenvalue weighted by Crippen LogP contribution is 2.57. The van der Waals surface area contributed by atoms with E-state index in [1.807, 2.05) is 0 Å². The van der Waals surface area contributed by atoms with Crippen molar-refractivity contribution in [2.45, 2.75) is 32.2 Å². The zero-order valence-electron chi connectivity index (χ0n) is 11.1. The lowest BCUT2D eigenvalue weighted by Crippen LogP contribution is -2.34. The lowest BCUT2D eigenvalue weighted by molar-refractivity contribution is -0.149. The van der Waals surface area contributed by atoms with Gasteiger partial charge >= 0.3 is 5.97 Å². The maximum absolute atomic E-state index is 12.2. The van der Waals surface area contributed by atoms with E-state index < -0.39 is 5.41 Å². The zero-order chi connectivity index (χ0) is 13.3. The molecule has 0 aromatic rings. The van der Waals surface area contributed by atoms with Crippen molar-refractivity contribution in [1.29, 1.82) is 0 Å². The molecule has 0 amide bonds. The second kappa shape index (κ2) is 4.84. The van der Waals surface area contributed by atoms with Gasteiger partial charge in [-0.3, -0.25) is 9.59 Å². The number of hydrogen-bond acceptors (Lipinski definition) is 4. The number of Topliss-reactive ketones (excluding diaryl/α,β-unsaturated/α-hetero) is 1. The SMILES string of the molecule is C=CC1CC1(CC(=O)C1CC(C)CN1)C(=O)OC. The van der Waals surface area contributed by atoms with Gasteiger partial charge in [-0.25, -0.2) is 0 Å². The van der Waals surface area contributed by atoms with Crippen LogP contribution in [0.5, 0.6) is 0 Å². The van der Waals surface area contributed by atoms with Crippen LogP contribution in [0, 0.1) is 17.3 Å². The van der Waals surface area contributed by atoms with Crippen LogP contribution in [-0.2, 0) is 14.3 Å². The fourth-order valence-corrected chi connectivity index (χ4v) is 2.95. The Bertz CT molecular complexity index is 379. The molecule has 4 atom stereocenters. The van der Waals surface area contributed by atoms with Gasteiger partial charge < -0.3 is 10.1 Å². The van der Waals surface area contributed by atoms with Crippen LogP contribution in [0.2, 0.25) is 0 Å². The van der Waals surface area contributed by atoms with E-state index in [1.54, 1.807) is 6.08 Å². The molecule has 1 saturated heterocycles. The van der Waals surface area contributed by atoms with Gasteiger partial charge in [0.15, 0.2) is 5.78 Å². The second-order valence-electron chi connectivity index (χ2n) is 5.64. The zero-order valence-corrected chi connectivity index (χ0v) is 11.1. The summed E-state index contributed by atoms with van der Waals surface area (Å²) >= 11 is 0. The Hall–Kier alpha value is -1.16. The van der Waals surface area contributed by atoms with Crippen LogP contribution in [0.15, 0.2) is 12.7 Å². The van der Waals surface area contributed by atoms with Crippen LogP contribution in [0.1, 0.15) is 26.2 Å². The predicted molar refractivity (Wildman–Crippen MR) is 67.9 cm³/mol. The first-order chi connectivity index (χ1) is 8.53. The van der Waals surface area contributed by atoms with Gasteiger partial charge in [0, 0.05) is 6.42 Å². The Morgan fingerprint density at radius 2 is 2.28 bits per heavy atom. The van der Waals surface area contributed by atoms with Gasteiger partial charge in [0.2, 0.25) is 0 Å². The summed E-state index contributed by atoms with van der Waals surface area (Å²) in [5, 5.41) is 3.22. The van der Waals surface area contributed by atoms with Crippen molar-refractivity contribution in [3.8, 4) is 0 Å². The highest BCUT2D eigenvalue weighted by Gasteiger charge is 2.60. The molecule has 1 aliphatic carbocycles. The quantitative estimate of drug-likeness (QED) is 0.591. The summed E-state index contributed by atoms with van der Waals surface area (Å²) in [5.41, 5.74) is -0.624. The lowest BCUT2D eigenvalue weighted by atomic mass is 9.92. The fourth-order valence-electron chi connectivity index (χ4n) is 2.95. The monoisotopic (exact) mass is 251 g/mol. The highest BCUT2D eigenvalue weighted by molar-refractivity contribution is 5.92. The number of nitrogens with one attached hydrogen (secondary N) is 1. The van der Waals surface area contributed by atoms with E-state index >= 15 is 0 Å². The third-order valence-corrected chi connectivity index (χ3v) is 4.24. The maximum atomic E-state index is 12.2. The van der Waals surface area contributed by atoms with Crippen LogP contribution in [0.25, 0.3) is 0 Å². The van der Waals surface area contributed by atoms with Crippen molar-refractivity contribution in [2.75, 3.05) is 13.7 Å². The first kappa shape index (κ1) is 13.3. The van der Waals surface area contributed by atoms with Gasteiger partial charge in [0.05, 0.1) is 18.6 Å². The minimum absolute atomic E-state index is 0.0902. The standard InChI is InChI=1S/C14H21NO3/c1-4-10-6-14(10,13(17)18-3)7-12(16)11-5-9(2)8-15-11/h4,9-11,15H,1,5-8H2,2-3H3. The molecular weight excluding hydrogens is 230 g/mol. The van der Waals surface area contributed by atoms with E-state index in [2.05, 4.69) is 18.8 Å². The molecule has 2 rings (SSSR count). The molecule has 100 valence electrons. The second-order valence-corrected chi connectivity index (χ2v) is 5.64. The number of ketones is 1. The first-order valence-corrected chi connectivity index (χ1v) is 6.50. The molecular formula is C14H21NO3. The summed E-state index contributed by atoms with van der Waals surface area (Å²) in [6.07, 6.45) is 3.60. The lowest BCUT2D eigenvalue weighted by Gasteiger charge is -2.16. The van der Waals surface area contributed by atoms with Crippen molar-refractivity contribution in [3.05, 3.63) is 12.7 Å². The van der Waals surface area contributed by atoms with E-state index in [0.717, 1.165) is 13.0 Å². The topological polar surface area (TPSA) is 55.4 Å². The van der Waals surface area contributed by atoms with Crippen molar-refractivity contribution >= 4 is 11.8 Å². The van der Waals surface area contributed by atoms with Gasteiger partial charge in [-0.15, -0.1) is 6.58 Å². The normalized spacial score (nSPS) is 38.2. The Kier molecular flexibility index (Phi) is 3.57. The van der Waals surface area contributed by atoms with Gasteiger partial charge in [-0.1, -0.05) is 13.0 Å². The number of hydrogen-bond donors (Lipinski definition) is 1. The van der Waals surface area contributed by atoms with Crippen LogP contribution < -0.4 is 5.32 Å². The van der Waals surface area contributed by atoms with Crippen LogP contribution >= 0.6 is 0 Å². The molecule has 1 N–H and O–H groups in total. The highest BCUT2D eigenvalue weighted by atomic mass is 16.5. The number of methoxy groups -OCH3 is 1. The van der Waals surface area contributed by atoms with Crippen molar-refractivity contribution in [2.24, 2.45) is 17.3 Å². The molecule has 0 bridgehead atoms. The number of ether oxygens (including phenoxy) is 1. The summed E-state index contributed by atoms with van der Waals surface area (Å²) in [6, 6.07) is -0.0902. The number of rotatable bonds is 5.